The van der Waals surface area contributed by atoms with Crippen LogP contribution in [0.5, 0.6) is 0 Å². The highest BCUT2D eigenvalue weighted by molar-refractivity contribution is 9.10. The van der Waals surface area contributed by atoms with Crippen molar-refractivity contribution >= 4 is 21.6 Å². The van der Waals surface area contributed by atoms with Crippen molar-refractivity contribution < 1.29 is 8.78 Å². The molecule has 0 aliphatic heterocycles. The number of benzene rings is 1. The first-order chi connectivity index (χ1) is 8.16. The smallest absolute Gasteiger partial charge is 0.149 e. The lowest BCUT2D eigenvalue weighted by Gasteiger charge is -2.19. The molecule has 0 heterocycles. The number of hydrogen-bond donors (Lipinski definition) is 1. The molecule has 0 amide bonds. The monoisotopic (exact) mass is 301 g/mol. The molecule has 2 rings (SSSR count). The van der Waals surface area contributed by atoms with Crippen LogP contribution in [0, 0.1) is 17.6 Å². The van der Waals surface area contributed by atoms with Gasteiger partial charge in [0, 0.05) is 12.6 Å². The van der Waals surface area contributed by atoms with Crippen molar-refractivity contribution in [1.29, 1.82) is 0 Å². The minimum absolute atomic E-state index is 0.282. The highest BCUT2D eigenvalue weighted by Gasteiger charge is 2.12. The van der Waals surface area contributed by atoms with Gasteiger partial charge in [0.15, 0.2) is 0 Å². The van der Waals surface area contributed by atoms with Gasteiger partial charge in [-0.05, 0) is 47.2 Å². The first-order valence-electron chi connectivity index (χ1n) is 5.70. The predicted octanol–water partition coefficient (Wildman–Crippen LogP) is 4.50. The van der Waals surface area contributed by atoms with Crippen molar-refractivity contribution in [2.24, 2.45) is 5.92 Å². The molecule has 1 aliphatic carbocycles. The largest absolute Gasteiger partial charge is 0.382 e. The van der Waals surface area contributed by atoms with E-state index in [-0.39, 0.29) is 4.47 Å². The highest BCUT2D eigenvalue weighted by Crippen LogP contribution is 2.25. The van der Waals surface area contributed by atoms with Gasteiger partial charge in [0.05, 0.1) is 10.2 Å². The van der Waals surface area contributed by atoms with Crippen LogP contribution < -0.4 is 5.32 Å². The second kappa shape index (κ2) is 5.63. The Balaban J connectivity index is 1.98. The Kier molecular flexibility index (Phi) is 4.15. The fraction of sp³-hybridized carbons (Fsp3) is 0.385. The van der Waals surface area contributed by atoms with Gasteiger partial charge in [0.25, 0.3) is 0 Å². The molecule has 0 saturated heterocycles. The average molecular weight is 302 g/mol. The van der Waals surface area contributed by atoms with Crippen molar-refractivity contribution in [3.8, 4) is 0 Å². The van der Waals surface area contributed by atoms with E-state index >= 15 is 0 Å². The third-order valence-corrected chi connectivity index (χ3v) is 3.58. The molecule has 17 heavy (non-hydrogen) atoms. The summed E-state index contributed by atoms with van der Waals surface area (Å²) >= 11 is 3.05. The number of hydrogen-bond acceptors (Lipinski definition) is 1. The van der Waals surface area contributed by atoms with Crippen LogP contribution in [0.1, 0.15) is 19.3 Å². The minimum Gasteiger partial charge on any atom is -0.382 e. The molecule has 0 spiro atoms. The van der Waals surface area contributed by atoms with Crippen molar-refractivity contribution in [3.05, 3.63) is 40.4 Å². The van der Waals surface area contributed by atoms with Crippen LogP contribution in [0.15, 0.2) is 28.8 Å². The molecule has 1 aromatic rings. The van der Waals surface area contributed by atoms with Gasteiger partial charge in [0.1, 0.15) is 11.6 Å². The van der Waals surface area contributed by atoms with Crippen molar-refractivity contribution in [2.45, 2.75) is 19.3 Å². The maximum absolute atomic E-state index is 13.4. The summed E-state index contributed by atoms with van der Waals surface area (Å²) < 4.78 is 26.8. The summed E-state index contributed by atoms with van der Waals surface area (Å²) in [7, 11) is 0. The molecule has 0 saturated carbocycles. The summed E-state index contributed by atoms with van der Waals surface area (Å²) in [4.78, 5) is 0. The average Bonchev–Trinajstić information content (AvgIpc) is 2.33. The summed E-state index contributed by atoms with van der Waals surface area (Å²) in [5, 5.41) is 3.05. The van der Waals surface area contributed by atoms with Crippen molar-refractivity contribution in [3.63, 3.8) is 0 Å². The standard InChI is InChI=1S/C13H14BrF2N/c14-10-6-13(12(16)7-11(10)15)17-8-9-4-2-1-3-5-9/h1-2,6-7,9,17H,3-5,8H2. The fourth-order valence-electron chi connectivity index (χ4n) is 1.95. The van der Waals surface area contributed by atoms with Gasteiger partial charge in [0.2, 0.25) is 0 Å². The van der Waals surface area contributed by atoms with Gasteiger partial charge in [-0.25, -0.2) is 8.78 Å². The van der Waals surface area contributed by atoms with E-state index in [1.165, 1.54) is 6.07 Å². The number of halogens is 3. The number of rotatable bonds is 3. The highest BCUT2D eigenvalue weighted by atomic mass is 79.9. The Morgan fingerprint density at radius 3 is 2.76 bits per heavy atom. The zero-order chi connectivity index (χ0) is 12.3. The second-order valence-electron chi connectivity index (χ2n) is 4.28. The third-order valence-electron chi connectivity index (χ3n) is 2.97. The summed E-state index contributed by atoms with van der Waals surface area (Å²) in [5.74, 6) is -0.589. The Labute approximate surface area is 108 Å². The van der Waals surface area contributed by atoms with Crippen LogP contribution in [0.3, 0.4) is 0 Å². The zero-order valence-electron chi connectivity index (χ0n) is 9.35. The van der Waals surface area contributed by atoms with Gasteiger partial charge in [-0.2, -0.15) is 0 Å². The van der Waals surface area contributed by atoms with E-state index in [0.29, 0.717) is 11.6 Å². The summed E-state index contributed by atoms with van der Waals surface area (Å²) in [6.45, 7) is 0.722. The molecular weight excluding hydrogens is 288 g/mol. The van der Waals surface area contributed by atoms with Gasteiger partial charge in [-0.1, -0.05) is 12.2 Å². The molecule has 1 aliphatic rings. The van der Waals surface area contributed by atoms with E-state index < -0.39 is 11.6 Å². The lowest BCUT2D eigenvalue weighted by atomic mass is 9.94. The van der Waals surface area contributed by atoms with Crippen LogP contribution in [-0.4, -0.2) is 6.54 Å². The summed E-state index contributed by atoms with van der Waals surface area (Å²) in [5.41, 5.74) is 0.354. The van der Waals surface area contributed by atoms with Gasteiger partial charge < -0.3 is 5.32 Å². The van der Waals surface area contributed by atoms with Gasteiger partial charge in [-0.15, -0.1) is 0 Å². The van der Waals surface area contributed by atoms with Gasteiger partial charge >= 0.3 is 0 Å². The van der Waals surface area contributed by atoms with Crippen molar-refractivity contribution in [2.75, 3.05) is 11.9 Å². The normalized spacial score (nSPS) is 19.4. The molecule has 1 atom stereocenters. The molecule has 92 valence electrons. The molecule has 4 heteroatoms. The molecule has 1 N–H and O–H groups in total. The minimum atomic E-state index is -0.575. The lowest BCUT2D eigenvalue weighted by Crippen LogP contribution is -2.16. The first-order valence-corrected chi connectivity index (χ1v) is 6.49. The SMILES string of the molecule is Fc1cc(F)c(NCC2CC=CCC2)cc1Br. The van der Waals surface area contributed by atoms with Crippen LogP contribution >= 0.6 is 15.9 Å². The van der Waals surface area contributed by atoms with Crippen LogP contribution in [-0.2, 0) is 0 Å². The quantitative estimate of drug-likeness (QED) is 0.640. The maximum atomic E-state index is 13.4. The van der Waals surface area contributed by atoms with E-state index in [4.69, 9.17) is 0 Å². The number of nitrogens with one attached hydrogen (secondary N) is 1. The van der Waals surface area contributed by atoms with Crippen LogP contribution in [0.2, 0.25) is 0 Å². The molecule has 1 aromatic carbocycles. The van der Waals surface area contributed by atoms with Crippen molar-refractivity contribution in [1.82, 2.24) is 0 Å². The van der Waals surface area contributed by atoms with Crippen LogP contribution in [0.25, 0.3) is 0 Å². The number of allylic oxidation sites excluding steroid dienone is 2. The van der Waals surface area contributed by atoms with E-state index in [1.54, 1.807) is 0 Å². The molecule has 0 aromatic heterocycles. The number of anilines is 1. The summed E-state index contributed by atoms with van der Waals surface area (Å²) in [6.07, 6.45) is 7.56. The topological polar surface area (TPSA) is 12.0 Å². The van der Waals surface area contributed by atoms with Crippen LogP contribution in [0.4, 0.5) is 14.5 Å². The van der Waals surface area contributed by atoms with E-state index in [2.05, 4.69) is 33.4 Å². The fourth-order valence-corrected chi connectivity index (χ4v) is 2.30. The molecular formula is C13H14BrF2N. The molecule has 0 fully saturated rings. The predicted molar refractivity (Wildman–Crippen MR) is 69.0 cm³/mol. The molecule has 1 nitrogen and oxygen atoms in total. The summed E-state index contributed by atoms with van der Waals surface area (Å²) in [6, 6.07) is 2.34. The van der Waals surface area contributed by atoms with Gasteiger partial charge in [-0.3, -0.25) is 0 Å². The Hall–Kier alpha value is -0.900. The lowest BCUT2D eigenvalue weighted by molar-refractivity contribution is 0.502. The van der Waals surface area contributed by atoms with E-state index in [9.17, 15) is 8.78 Å². The molecule has 0 radical (unpaired) electrons. The molecule has 0 bridgehead atoms. The Morgan fingerprint density at radius 1 is 1.24 bits per heavy atom. The maximum Gasteiger partial charge on any atom is 0.149 e. The van der Waals surface area contributed by atoms with E-state index in [0.717, 1.165) is 31.9 Å². The molecule has 1 unspecified atom stereocenters. The first kappa shape index (κ1) is 12.6. The third kappa shape index (κ3) is 3.28. The second-order valence-corrected chi connectivity index (χ2v) is 5.13. The zero-order valence-corrected chi connectivity index (χ0v) is 10.9. The Morgan fingerprint density at radius 2 is 2.06 bits per heavy atom. The van der Waals surface area contributed by atoms with E-state index in [1.807, 2.05) is 0 Å². The Bertz CT molecular complexity index is 432.